The van der Waals surface area contributed by atoms with Gasteiger partial charge in [-0.15, -0.1) is 0 Å². The number of hydrogen-bond donors (Lipinski definition) is 1. The van der Waals surface area contributed by atoms with E-state index in [-0.39, 0.29) is 23.6 Å². The normalized spacial score (nSPS) is 16.2. The zero-order chi connectivity index (χ0) is 27.5. The standard InChI is InChI=1S/C32H36ClN5O/c1-21(2)29(37-20-26(10-7-17-34)35-30(37)24-13-11-22(3)12-14-24)31-36-28-18-25(33)15-16-27(28)32(39)38(31)19-23-8-5-4-6-9-23/h4-6,8-9,11-16,18,21,26,29H,7,10,17,19-20,34H2,1-3H3/t26?,29-/m1/s1. The Kier molecular flexibility index (Phi) is 8.15. The Balaban J connectivity index is 1.68. The number of aryl methyl sites for hydroxylation is 1. The molecule has 0 bridgehead atoms. The van der Waals surface area contributed by atoms with Gasteiger partial charge in [0.1, 0.15) is 11.7 Å². The van der Waals surface area contributed by atoms with E-state index in [4.69, 9.17) is 27.3 Å². The smallest absolute Gasteiger partial charge is 0.261 e. The summed E-state index contributed by atoms with van der Waals surface area (Å²) in [5, 5.41) is 1.13. The molecule has 0 fully saturated rings. The van der Waals surface area contributed by atoms with Gasteiger partial charge in [-0.1, -0.05) is 85.6 Å². The second kappa shape index (κ2) is 11.7. The molecular formula is C32H36ClN5O. The Labute approximate surface area is 235 Å². The lowest BCUT2D eigenvalue weighted by atomic mass is 9.98. The van der Waals surface area contributed by atoms with Crippen molar-refractivity contribution < 1.29 is 0 Å². The highest BCUT2D eigenvalue weighted by Gasteiger charge is 2.36. The average molecular weight is 542 g/mol. The molecule has 0 saturated heterocycles. The van der Waals surface area contributed by atoms with E-state index in [1.165, 1.54) is 5.56 Å². The molecule has 2 atom stereocenters. The molecule has 0 saturated carbocycles. The quantitative estimate of drug-likeness (QED) is 0.283. The largest absolute Gasteiger partial charge is 0.344 e. The SMILES string of the molecule is Cc1ccc(C2=NC(CCCN)CN2[C@@H](c2nc3cc(Cl)ccc3c(=O)n2Cc2ccccc2)C(C)C)cc1. The van der Waals surface area contributed by atoms with Crippen molar-refractivity contribution in [2.24, 2.45) is 16.6 Å². The zero-order valence-electron chi connectivity index (χ0n) is 22.8. The van der Waals surface area contributed by atoms with Gasteiger partial charge in [0.15, 0.2) is 0 Å². The lowest BCUT2D eigenvalue weighted by molar-refractivity contribution is 0.238. The number of hydrogen-bond acceptors (Lipinski definition) is 5. The van der Waals surface area contributed by atoms with E-state index in [9.17, 15) is 4.79 Å². The summed E-state index contributed by atoms with van der Waals surface area (Å²) in [5.74, 6) is 1.83. The molecule has 1 aliphatic rings. The van der Waals surface area contributed by atoms with Gasteiger partial charge in [-0.25, -0.2) is 4.98 Å². The Bertz CT molecular complexity index is 1530. The van der Waals surface area contributed by atoms with Crippen LogP contribution in [0.4, 0.5) is 0 Å². The van der Waals surface area contributed by atoms with Crippen LogP contribution in [0.2, 0.25) is 5.02 Å². The highest BCUT2D eigenvalue weighted by molar-refractivity contribution is 6.31. The van der Waals surface area contributed by atoms with Crippen LogP contribution in [0.5, 0.6) is 0 Å². The van der Waals surface area contributed by atoms with Crippen LogP contribution in [0.25, 0.3) is 10.9 Å². The zero-order valence-corrected chi connectivity index (χ0v) is 23.6. The second-order valence-electron chi connectivity index (χ2n) is 10.8. The summed E-state index contributed by atoms with van der Waals surface area (Å²) in [4.78, 5) is 26.7. The monoisotopic (exact) mass is 541 g/mol. The topological polar surface area (TPSA) is 76.5 Å². The molecule has 1 unspecified atom stereocenters. The predicted octanol–water partition coefficient (Wildman–Crippen LogP) is 5.97. The van der Waals surface area contributed by atoms with Crippen LogP contribution in [-0.2, 0) is 6.54 Å². The molecule has 7 heteroatoms. The average Bonchev–Trinajstić information content (AvgIpc) is 3.33. The first-order valence-electron chi connectivity index (χ1n) is 13.7. The van der Waals surface area contributed by atoms with E-state index < -0.39 is 0 Å². The van der Waals surface area contributed by atoms with E-state index in [0.29, 0.717) is 29.0 Å². The summed E-state index contributed by atoms with van der Waals surface area (Å²) in [7, 11) is 0. The van der Waals surface area contributed by atoms with Gasteiger partial charge in [0, 0.05) is 17.1 Å². The minimum atomic E-state index is -0.173. The number of benzene rings is 3. The van der Waals surface area contributed by atoms with Gasteiger partial charge in [-0.05, 0) is 56.0 Å². The van der Waals surface area contributed by atoms with Gasteiger partial charge in [0.05, 0.1) is 29.5 Å². The van der Waals surface area contributed by atoms with E-state index in [0.717, 1.165) is 42.2 Å². The Morgan fingerprint density at radius 1 is 1.05 bits per heavy atom. The van der Waals surface area contributed by atoms with Crippen molar-refractivity contribution in [3.8, 4) is 0 Å². The van der Waals surface area contributed by atoms with Gasteiger partial charge in [0.25, 0.3) is 5.56 Å². The van der Waals surface area contributed by atoms with Crippen molar-refractivity contribution in [3.05, 3.63) is 111 Å². The van der Waals surface area contributed by atoms with Crippen molar-refractivity contribution in [1.29, 1.82) is 0 Å². The lowest BCUT2D eigenvalue weighted by Gasteiger charge is -2.35. The Morgan fingerprint density at radius 3 is 2.49 bits per heavy atom. The molecule has 39 heavy (non-hydrogen) atoms. The molecule has 0 spiro atoms. The van der Waals surface area contributed by atoms with Gasteiger partial charge < -0.3 is 10.6 Å². The Hall–Kier alpha value is -3.48. The molecule has 0 amide bonds. The van der Waals surface area contributed by atoms with Gasteiger partial charge in [0.2, 0.25) is 0 Å². The first-order valence-corrected chi connectivity index (χ1v) is 14.1. The van der Waals surface area contributed by atoms with E-state index >= 15 is 0 Å². The number of halogens is 1. The fourth-order valence-electron chi connectivity index (χ4n) is 5.45. The van der Waals surface area contributed by atoms with Crippen LogP contribution < -0.4 is 11.3 Å². The number of aliphatic imine (C=N–C) groups is 1. The summed E-state index contributed by atoms with van der Waals surface area (Å²) in [6.07, 6.45) is 1.84. The van der Waals surface area contributed by atoms with Gasteiger partial charge in [-0.2, -0.15) is 0 Å². The van der Waals surface area contributed by atoms with Gasteiger partial charge >= 0.3 is 0 Å². The highest BCUT2D eigenvalue weighted by atomic mass is 35.5. The van der Waals surface area contributed by atoms with Crippen LogP contribution in [0.15, 0.2) is 82.6 Å². The molecule has 3 aromatic carbocycles. The molecule has 2 heterocycles. The number of fused-ring (bicyclic) bond motifs is 1. The van der Waals surface area contributed by atoms with Crippen molar-refractivity contribution in [3.63, 3.8) is 0 Å². The van der Waals surface area contributed by atoms with Crippen LogP contribution >= 0.6 is 11.6 Å². The third-order valence-electron chi connectivity index (χ3n) is 7.40. The van der Waals surface area contributed by atoms with Crippen molar-refractivity contribution >= 4 is 28.3 Å². The molecule has 2 N–H and O–H groups in total. The number of nitrogens with two attached hydrogens (primary N) is 1. The van der Waals surface area contributed by atoms with E-state index in [1.54, 1.807) is 18.2 Å². The van der Waals surface area contributed by atoms with Crippen molar-refractivity contribution in [2.75, 3.05) is 13.1 Å². The maximum absolute atomic E-state index is 14.0. The Morgan fingerprint density at radius 2 is 1.79 bits per heavy atom. The summed E-state index contributed by atoms with van der Waals surface area (Å²) in [6, 6.07) is 23.9. The maximum atomic E-state index is 14.0. The number of aromatic nitrogens is 2. The second-order valence-corrected chi connectivity index (χ2v) is 11.2. The molecule has 1 aromatic heterocycles. The number of nitrogens with zero attached hydrogens (tertiary/aromatic N) is 4. The van der Waals surface area contributed by atoms with Crippen LogP contribution in [0.1, 0.15) is 55.2 Å². The third kappa shape index (κ3) is 5.77. The third-order valence-corrected chi connectivity index (χ3v) is 7.63. The summed E-state index contributed by atoms with van der Waals surface area (Å²) in [5.41, 5.74) is 9.73. The predicted molar refractivity (Wildman–Crippen MR) is 161 cm³/mol. The minimum absolute atomic E-state index is 0.0612. The highest BCUT2D eigenvalue weighted by Crippen LogP contribution is 2.34. The first kappa shape index (κ1) is 27.1. The fourth-order valence-corrected chi connectivity index (χ4v) is 5.62. The molecular weight excluding hydrogens is 506 g/mol. The summed E-state index contributed by atoms with van der Waals surface area (Å²) >= 11 is 6.36. The fraction of sp³-hybridized carbons (Fsp3) is 0.344. The molecule has 5 rings (SSSR count). The first-order chi connectivity index (χ1) is 18.9. The van der Waals surface area contributed by atoms with Crippen molar-refractivity contribution in [1.82, 2.24) is 14.5 Å². The molecule has 1 aliphatic heterocycles. The molecule has 202 valence electrons. The lowest BCUT2D eigenvalue weighted by Crippen LogP contribution is -2.41. The molecule has 0 radical (unpaired) electrons. The maximum Gasteiger partial charge on any atom is 0.261 e. The summed E-state index contributed by atoms with van der Waals surface area (Å²) < 4.78 is 1.84. The van der Waals surface area contributed by atoms with E-state index in [1.807, 2.05) is 34.9 Å². The number of rotatable bonds is 9. The van der Waals surface area contributed by atoms with Gasteiger partial charge in [-0.3, -0.25) is 14.4 Å². The van der Waals surface area contributed by atoms with Crippen LogP contribution in [0, 0.1) is 12.8 Å². The molecule has 0 aliphatic carbocycles. The number of amidine groups is 1. The molecule has 6 nitrogen and oxygen atoms in total. The van der Waals surface area contributed by atoms with Crippen LogP contribution in [0.3, 0.4) is 0 Å². The van der Waals surface area contributed by atoms with Crippen LogP contribution in [-0.4, -0.2) is 39.4 Å². The van der Waals surface area contributed by atoms with E-state index in [2.05, 4.69) is 49.9 Å². The molecule has 4 aromatic rings. The van der Waals surface area contributed by atoms with Crippen molar-refractivity contribution in [2.45, 2.75) is 52.2 Å². The summed E-state index contributed by atoms with van der Waals surface area (Å²) in [6.45, 7) is 8.29. The minimum Gasteiger partial charge on any atom is -0.344 e.